The first-order chi connectivity index (χ1) is 10.3. The van der Waals surface area contributed by atoms with E-state index in [9.17, 15) is 0 Å². The third-order valence-electron chi connectivity index (χ3n) is 3.48. The van der Waals surface area contributed by atoms with Crippen LogP contribution in [0.4, 0.5) is 0 Å². The van der Waals surface area contributed by atoms with Crippen molar-refractivity contribution < 1.29 is 0 Å². The molecule has 0 amide bonds. The molecule has 0 saturated heterocycles. The highest BCUT2D eigenvalue weighted by molar-refractivity contribution is 5.28. The molecular weight excluding hydrogens is 264 g/mol. The van der Waals surface area contributed by atoms with Crippen LogP contribution in [0.3, 0.4) is 0 Å². The lowest BCUT2D eigenvalue weighted by molar-refractivity contribution is 0.543. The fraction of sp³-hybridized carbons (Fsp3) is 0.600. The van der Waals surface area contributed by atoms with Gasteiger partial charge in [0.2, 0.25) is 0 Å². The molecule has 0 radical (unpaired) electrons. The molecule has 0 N–H and O–H groups in total. The minimum absolute atomic E-state index is 0.0286. The van der Waals surface area contributed by atoms with Gasteiger partial charge in [-0.3, -0.25) is 0 Å². The summed E-state index contributed by atoms with van der Waals surface area (Å²) in [6.07, 6.45) is 6.27. The highest BCUT2D eigenvalue weighted by Gasteiger charge is 2.10. The molecule has 1 rings (SSSR count). The van der Waals surface area contributed by atoms with Gasteiger partial charge in [-0.2, -0.15) is 0 Å². The normalized spacial score (nSPS) is 11.3. The molecule has 0 bridgehead atoms. The van der Waals surface area contributed by atoms with Crippen LogP contribution in [0, 0.1) is 0 Å². The molecule has 0 aliphatic carbocycles. The van der Waals surface area contributed by atoms with E-state index in [0.717, 1.165) is 24.0 Å². The van der Waals surface area contributed by atoms with Crippen molar-refractivity contribution in [3.63, 3.8) is 0 Å². The summed E-state index contributed by atoms with van der Waals surface area (Å²) in [5.41, 5.74) is 19.3. The number of benzene rings is 1. The van der Waals surface area contributed by atoms with Crippen LogP contribution in [0.25, 0.3) is 20.9 Å². The van der Waals surface area contributed by atoms with E-state index in [4.69, 9.17) is 11.1 Å². The topological polar surface area (TPSA) is 97.5 Å². The number of unbranched alkanes of at least 4 members (excludes halogenated alkanes) is 3. The van der Waals surface area contributed by atoms with Crippen LogP contribution >= 0.6 is 0 Å². The molecular formula is C15H22N6. The van der Waals surface area contributed by atoms with Gasteiger partial charge < -0.3 is 0 Å². The van der Waals surface area contributed by atoms with Crippen molar-refractivity contribution in [2.75, 3.05) is 0 Å². The van der Waals surface area contributed by atoms with Crippen molar-refractivity contribution in [1.82, 2.24) is 0 Å². The number of hydrogen-bond acceptors (Lipinski definition) is 2. The fourth-order valence-electron chi connectivity index (χ4n) is 2.35. The number of nitrogens with zero attached hydrogens (tertiary/aromatic N) is 6. The Kier molecular flexibility index (Phi) is 8.53. The molecule has 21 heavy (non-hydrogen) atoms. The van der Waals surface area contributed by atoms with Crippen molar-refractivity contribution in [2.45, 2.75) is 58.0 Å². The Morgan fingerprint density at radius 2 is 1.81 bits per heavy atom. The van der Waals surface area contributed by atoms with E-state index in [0.29, 0.717) is 13.0 Å². The summed E-state index contributed by atoms with van der Waals surface area (Å²) in [7, 11) is 0. The van der Waals surface area contributed by atoms with E-state index in [1.165, 1.54) is 19.3 Å². The average molecular weight is 286 g/mol. The maximum absolute atomic E-state index is 8.72. The van der Waals surface area contributed by atoms with Crippen LogP contribution in [0.1, 0.15) is 50.2 Å². The molecule has 6 heteroatoms. The van der Waals surface area contributed by atoms with Crippen LogP contribution in [-0.4, -0.2) is 6.04 Å². The molecule has 1 aromatic carbocycles. The molecule has 0 aliphatic heterocycles. The molecule has 0 saturated carbocycles. The Morgan fingerprint density at radius 3 is 2.48 bits per heavy atom. The molecule has 6 nitrogen and oxygen atoms in total. The summed E-state index contributed by atoms with van der Waals surface area (Å²) >= 11 is 0. The van der Waals surface area contributed by atoms with Crippen LogP contribution in [0.15, 0.2) is 34.5 Å². The van der Waals surface area contributed by atoms with E-state index in [1.807, 2.05) is 24.3 Å². The molecule has 0 spiro atoms. The summed E-state index contributed by atoms with van der Waals surface area (Å²) in [5, 5.41) is 7.54. The zero-order valence-corrected chi connectivity index (χ0v) is 12.5. The maximum atomic E-state index is 8.72. The monoisotopic (exact) mass is 286 g/mol. The van der Waals surface area contributed by atoms with Crippen molar-refractivity contribution in [3.05, 3.63) is 56.3 Å². The Bertz CT molecular complexity index is 515. The van der Waals surface area contributed by atoms with E-state index < -0.39 is 0 Å². The summed E-state index contributed by atoms with van der Waals surface area (Å²) in [6, 6.07) is 7.82. The first-order valence-electron chi connectivity index (χ1n) is 7.43. The van der Waals surface area contributed by atoms with E-state index >= 15 is 0 Å². The third kappa shape index (κ3) is 6.70. The summed E-state index contributed by atoms with van der Waals surface area (Å²) in [5.74, 6) is 0. The largest absolute Gasteiger partial charge is 0.0903 e. The minimum Gasteiger partial charge on any atom is -0.0903 e. The third-order valence-corrected chi connectivity index (χ3v) is 3.48. The minimum atomic E-state index is -0.0286. The molecule has 1 atom stereocenters. The molecule has 0 aliphatic rings. The van der Waals surface area contributed by atoms with Crippen LogP contribution in [0.2, 0.25) is 0 Å². The Hall–Kier alpha value is -2.16. The van der Waals surface area contributed by atoms with Gasteiger partial charge in [0.1, 0.15) is 0 Å². The highest BCUT2D eigenvalue weighted by Crippen LogP contribution is 2.18. The zero-order valence-electron chi connectivity index (χ0n) is 12.5. The SMILES string of the molecule is CCCCCCC(Cc1ccccc1CN=[N+]=[N-])N=[N+]=[N-]. The molecule has 1 unspecified atom stereocenters. The van der Waals surface area contributed by atoms with Gasteiger partial charge >= 0.3 is 0 Å². The second kappa shape index (κ2) is 10.6. The first kappa shape index (κ1) is 16.9. The van der Waals surface area contributed by atoms with Crippen molar-refractivity contribution in [1.29, 1.82) is 0 Å². The van der Waals surface area contributed by atoms with Crippen LogP contribution in [-0.2, 0) is 13.0 Å². The molecule has 0 aromatic heterocycles. The maximum Gasteiger partial charge on any atom is 0.0513 e. The van der Waals surface area contributed by atoms with E-state index in [-0.39, 0.29) is 6.04 Å². The summed E-state index contributed by atoms with van der Waals surface area (Å²) < 4.78 is 0. The lowest BCUT2D eigenvalue weighted by atomic mass is 9.97. The van der Waals surface area contributed by atoms with Gasteiger partial charge in [-0.05, 0) is 35.0 Å². The number of hydrogen-bond donors (Lipinski definition) is 0. The summed E-state index contributed by atoms with van der Waals surface area (Å²) in [4.78, 5) is 5.77. The summed E-state index contributed by atoms with van der Waals surface area (Å²) in [6.45, 7) is 2.52. The average Bonchev–Trinajstić information content (AvgIpc) is 2.51. The van der Waals surface area contributed by atoms with Gasteiger partial charge in [0.25, 0.3) is 0 Å². The number of rotatable bonds is 10. The van der Waals surface area contributed by atoms with Crippen molar-refractivity contribution in [3.8, 4) is 0 Å². The standard InChI is InChI=1S/C15H22N6/c1-2-3-4-5-10-15(19-21-17)11-13-8-6-7-9-14(13)12-18-20-16/h6-9,15H,2-5,10-12H2,1H3. The van der Waals surface area contributed by atoms with Crippen molar-refractivity contribution >= 4 is 0 Å². The van der Waals surface area contributed by atoms with Gasteiger partial charge in [-0.25, -0.2) is 0 Å². The van der Waals surface area contributed by atoms with Gasteiger partial charge in [0, 0.05) is 15.9 Å². The van der Waals surface area contributed by atoms with Gasteiger partial charge in [0.05, 0.1) is 6.54 Å². The second-order valence-corrected chi connectivity index (χ2v) is 5.07. The molecule has 1 aromatic rings. The van der Waals surface area contributed by atoms with E-state index in [2.05, 4.69) is 27.0 Å². The fourth-order valence-corrected chi connectivity index (χ4v) is 2.35. The lowest BCUT2D eigenvalue weighted by Crippen LogP contribution is -2.09. The molecule has 0 fully saturated rings. The Labute approximate surface area is 125 Å². The second-order valence-electron chi connectivity index (χ2n) is 5.07. The van der Waals surface area contributed by atoms with E-state index in [1.54, 1.807) is 0 Å². The van der Waals surface area contributed by atoms with Crippen LogP contribution in [0.5, 0.6) is 0 Å². The van der Waals surface area contributed by atoms with Gasteiger partial charge in [-0.15, -0.1) is 0 Å². The predicted molar refractivity (Wildman–Crippen MR) is 84.7 cm³/mol. The highest BCUT2D eigenvalue weighted by atomic mass is 15.1. The molecule has 0 heterocycles. The quantitative estimate of drug-likeness (QED) is 0.228. The lowest BCUT2D eigenvalue weighted by Gasteiger charge is -2.13. The Morgan fingerprint density at radius 1 is 1.05 bits per heavy atom. The number of azide groups is 2. The predicted octanol–water partition coefficient (Wildman–Crippen LogP) is 5.69. The Balaban J connectivity index is 2.69. The smallest absolute Gasteiger partial charge is 0.0513 e. The molecule has 112 valence electrons. The van der Waals surface area contributed by atoms with Crippen molar-refractivity contribution in [2.24, 2.45) is 10.2 Å². The van der Waals surface area contributed by atoms with Gasteiger partial charge in [0.15, 0.2) is 0 Å². The van der Waals surface area contributed by atoms with Crippen LogP contribution < -0.4 is 0 Å². The zero-order chi connectivity index (χ0) is 15.3. The first-order valence-corrected chi connectivity index (χ1v) is 7.43. The van der Waals surface area contributed by atoms with Gasteiger partial charge in [-0.1, -0.05) is 67.1 Å².